The second-order valence-electron chi connectivity index (χ2n) is 8.43. The summed E-state index contributed by atoms with van der Waals surface area (Å²) in [5, 5.41) is 2.54. The Balaban J connectivity index is 1.68. The van der Waals surface area contributed by atoms with Crippen LogP contribution in [0.4, 0.5) is 0 Å². The van der Waals surface area contributed by atoms with Gasteiger partial charge in [0.1, 0.15) is 0 Å². The van der Waals surface area contributed by atoms with Crippen LogP contribution >= 0.6 is 9.24 Å². The maximum Gasteiger partial charge on any atom is 0.330 e. The van der Waals surface area contributed by atoms with Gasteiger partial charge in [-0.3, -0.25) is 0 Å². The van der Waals surface area contributed by atoms with Gasteiger partial charge in [0.25, 0.3) is 0 Å². The molecule has 0 fully saturated rings. The van der Waals surface area contributed by atoms with Gasteiger partial charge >= 0.3 is 7.48 Å². The molecule has 0 saturated heterocycles. The van der Waals surface area contributed by atoms with Crippen molar-refractivity contribution in [3.05, 3.63) is 72.8 Å². The molecule has 0 N–H and O–H groups in total. The number of hydrogen-bond donors (Lipinski definition) is 0. The SMILES string of the molecule is CC(C)(P)C(C)(C)O[B]c1ccc(-n2c3ccccc3c3ccccc32)cc1. The summed E-state index contributed by atoms with van der Waals surface area (Å²) in [5.41, 5.74) is 4.39. The average Bonchev–Trinajstić information content (AvgIpc) is 3.01. The Morgan fingerprint density at radius 2 is 1.25 bits per heavy atom. The first-order valence-corrected chi connectivity index (χ1v) is 10.2. The Morgan fingerprint density at radius 3 is 1.75 bits per heavy atom. The Kier molecular flexibility index (Phi) is 4.85. The van der Waals surface area contributed by atoms with Crippen LogP contribution in [0.25, 0.3) is 27.5 Å². The van der Waals surface area contributed by atoms with Crippen molar-refractivity contribution in [2.45, 2.75) is 38.5 Å². The van der Waals surface area contributed by atoms with Gasteiger partial charge in [-0.2, -0.15) is 0 Å². The van der Waals surface area contributed by atoms with Crippen molar-refractivity contribution in [1.29, 1.82) is 0 Å². The van der Waals surface area contributed by atoms with Crippen LogP contribution in [-0.2, 0) is 4.65 Å². The van der Waals surface area contributed by atoms with E-state index < -0.39 is 0 Å². The molecule has 141 valence electrons. The zero-order chi connectivity index (χ0) is 19.9. The zero-order valence-corrected chi connectivity index (χ0v) is 18.1. The van der Waals surface area contributed by atoms with E-state index >= 15 is 0 Å². The minimum atomic E-state index is -0.275. The third kappa shape index (κ3) is 3.38. The molecule has 0 amide bonds. The van der Waals surface area contributed by atoms with Crippen LogP contribution in [0.15, 0.2) is 72.8 Å². The van der Waals surface area contributed by atoms with E-state index in [0.717, 1.165) is 11.2 Å². The predicted molar refractivity (Wildman–Crippen MR) is 125 cm³/mol. The highest BCUT2D eigenvalue weighted by Crippen LogP contribution is 2.33. The zero-order valence-electron chi connectivity index (χ0n) is 16.9. The first kappa shape index (κ1) is 19.2. The lowest BCUT2D eigenvalue weighted by Crippen LogP contribution is -2.45. The molecule has 4 aromatic rings. The summed E-state index contributed by atoms with van der Waals surface area (Å²) in [6.45, 7) is 8.56. The van der Waals surface area contributed by atoms with E-state index in [-0.39, 0.29) is 10.8 Å². The van der Waals surface area contributed by atoms with Crippen molar-refractivity contribution in [1.82, 2.24) is 4.57 Å². The smallest absolute Gasteiger partial charge is 0.330 e. The summed E-state index contributed by atoms with van der Waals surface area (Å²) in [6.07, 6.45) is 0. The van der Waals surface area contributed by atoms with E-state index in [4.69, 9.17) is 4.65 Å². The molecule has 1 radical (unpaired) electrons. The molecule has 0 saturated carbocycles. The third-order valence-corrected chi connectivity index (χ3v) is 6.47. The van der Waals surface area contributed by atoms with Crippen molar-refractivity contribution >= 4 is 44.0 Å². The Bertz CT molecular complexity index is 1070. The molecule has 1 atom stereocenters. The standard InChI is InChI=1S/C24H26BNOP/c1-23(2,24(3,4)28)27-25-17-13-15-18(16-14-17)26-21-11-7-5-9-19(21)20-10-6-8-12-22(20)26/h5-16H,28H2,1-4H3. The van der Waals surface area contributed by atoms with Crippen molar-refractivity contribution in [2.75, 3.05) is 0 Å². The number of hydrogen-bond acceptors (Lipinski definition) is 1. The van der Waals surface area contributed by atoms with Crippen LogP contribution in [-0.4, -0.2) is 22.8 Å². The molecule has 4 rings (SSSR count). The minimum Gasteiger partial charge on any atom is -0.429 e. The highest BCUT2D eigenvalue weighted by Gasteiger charge is 2.33. The Labute approximate surface area is 170 Å². The minimum absolute atomic E-state index is 0.0214. The molecule has 3 aromatic carbocycles. The van der Waals surface area contributed by atoms with Gasteiger partial charge in [0.05, 0.1) is 16.6 Å². The topological polar surface area (TPSA) is 14.2 Å². The molecule has 0 aliphatic heterocycles. The fraction of sp³-hybridized carbons (Fsp3) is 0.250. The summed E-state index contributed by atoms with van der Waals surface area (Å²) in [4.78, 5) is 0. The van der Waals surface area contributed by atoms with E-state index in [9.17, 15) is 0 Å². The van der Waals surface area contributed by atoms with Gasteiger partial charge in [0.2, 0.25) is 0 Å². The number of fused-ring (bicyclic) bond motifs is 3. The molecule has 4 heteroatoms. The van der Waals surface area contributed by atoms with Crippen LogP contribution in [0, 0.1) is 0 Å². The van der Waals surface area contributed by atoms with E-state index in [2.05, 4.69) is 114 Å². The second-order valence-corrected chi connectivity index (χ2v) is 9.87. The molecule has 0 bridgehead atoms. The van der Waals surface area contributed by atoms with Gasteiger partial charge in [-0.25, -0.2) is 0 Å². The first-order valence-electron chi connectivity index (χ1n) is 9.66. The Morgan fingerprint density at radius 1 is 0.750 bits per heavy atom. The molecule has 0 aliphatic rings. The van der Waals surface area contributed by atoms with Gasteiger partial charge in [0.15, 0.2) is 0 Å². The quantitative estimate of drug-likeness (QED) is 0.327. The highest BCUT2D eigenvalue weighted by molar-refractivity contribution is 7.19. The molecule has 2 nitrogen and oxygen atoms in total. The molecular weight excluding hydrogens is 360 g/mol. The third-order valence-electron chi connectivity index (χ3n) is 5.77. The highest BCUT2D eigenvalue weighted by atomic mass is 31.0. The molecule has 0 aliphatic carbocycles. The number of para-hydroxylation sites is 2. The summed E-state index contributed by atoms with van der Waals surface area (Å²) in [5.74, 6) is 0. The first-order chi connectivity index (χ1) is 13.3. The number of rotatable bonds is 5. The van der Waals surface area contributed by atoms with Crippen LogP contribution in [0.3, 0.4) is 0 Å². The molecule has 1 unspecified atom stereocenters. The summed E-state index contributed by atoms with van der Waals surface area (Å²) < 4.78 is 8.42. The van der Waals surface area contributed by atoms with Crippen molar-refractivity contribution in [3.63, 3.8) is 0 Å². The Hall–Kier alpha value is -2.09. The molecule has 0 spiro atoms. The lowest BCUT2D eigenvalue weighted by Gasteiger charge is -2.39. The summed E-state index contributed by atoms with van der Waals surface area (Å²) in [7, 11) is 4.73. The number of nitrogens with zero attached hydrogens (tertiary/aromatic N) is 1. The number of benzene rings is 3. The fourth-order valence-electron chi connectivity index (χ4n) is 3.27. The van der Waals surface area contributed by atoms with E-state index in [0.29, 0.717) is 0 Å². The van der Waals surface area contributed by atoms with Gasteiger partial charge in [0, 0.05) is 21.6 Å². The summed E-state index contributed by atoms with van der Waals surface area (Å²) >= 11 is 0. The lowest BCUT2D eigenvalue weighted by molar-refractivity contribution is 0.0841. The predicted octanol–water partition coefficient (Wildman–Crippen LogP) is 5.48. The normalized spacial score (nSPS) is 12.6. The lowest BCUT2D eigenvalue weighted by atomic mass is 9.84. The van der Waals surface area contributed by atoms with Crippen LogP contribution in [0.5, 0.6) is 0 Å². The van der Waals surface area contributed by atoms with Gasteiger partial charge in [-0.05, 0) is 38.1 Å². The fourth-order valence-corrected chi connectivity index (χ4v) is 3.34. The molecule has 1 heterocycles. The summed E-state index contributed by atoms with van der Waals surface area (Å²) in [6, 6.07) is 25.7. The molecular formula is C24H26BNOP. The maximum absolute atomic E-state index is 6.10. The van der Waals surface area contributed by atoms with Gasteiger partial charge in [-0.1, -0.05) is 67.8 Å². The van der Waals surface area contributed by atoms with Crippen molar-refractivity contribution in [3.8, 4) is 5.69 Å². The van der Waals surface area contributed by atoms with Crippen LogP contribution in [0.2, 0.25) is 0 Å². The van der Waals surface area contributed by atoms with Crippen LogP contribution < -0.4 is 5.46 Å². The van der Waals surface area contributed by atoms with E-state index in [1.807, 2.05) is 7.48 Å². The van der Waals surface area contributed by atoms with E-state index in [1.54, 1.807) is 0 Å². The average molecular weight is 386 g/mol. The monoisotopic (exact) mass is 386 g/mol. The van der Waals surface area contributed by atoms with Gasteiger partial charge < -0.3 is 9.22 Å². The number of aromatic nitrogens is 1. The largest absolute Gasteiger partial charge is 0.429 e. The molecule has 1 aromatic heterocycles. The maximum atomic E-state index is 6.10. The van der Waals surface area contributed by atoms with Crippen molar-refractivity contribution < 1.29 is 4.65 Å². The second kappa shape index (κ2) is 7.06. The van der Waals surface area contributed by atoms with Crippen molar-refractivity contribution in [2.24, 2.45) is 0 Å². The van der Waals surface area contributed by atoms with E-state index in [1.165, 1.54) is 21.8 Å². The molecule has 28 heavy (non-hydrogen) atoms. The van der Waals surface area contributed by atoms with Gasteiger partial charge in [-0.15, -0.1) is 9.24 Å². The van der Waals surface area contributed by atoms with Crippen LogP contribution in [0.1, 0.15) is 27.7 Å².